The van der Waals surface area contributed by atoms with Crippen molar-refractivity contribution in [3.05, 3.63) is 64.2 Å². The van der Waals surface area contributed by atoms with Gasteiger partial charge < -0.3 is 10.6 Å². The number of aryl methyl sites for hydroxylation is 1. The largest absolute Gasteiger partial charge is 0.398 e. The number of halogens is 1. The second kappa shape index (κ2) is 6.64. The highest BCUT2D eigenvalue weighted by Crippen LogP contribution is 2.21. The Morgan fingerprint density at radius 2 is 2.00 bits per heavy atom. The van der Waals surface area contributed by atoms with Crippen LogP contribution in [-0.4, -0.2) is 17.4 Å². The van der Waals surface area contributed by atoms with Crippen LogP contribution < -0.4 is 5.73 Å². The van der Waals surface area contributed by atoms with Gasteiger partial charge in [0.05, 0.1) is 10.7 Å². The minimum atomic E-state index is -0.0408. The Bertz CT molecular complexity index is 655. The Kier molecular flexibility index (Phi) is 4.86. The fourth-order valence-corrected chi connectivity index (χ4v) is 2.38. The predicted molar refractivity (Wildman–Crippen MR) is 87.5 cm³/mol. The first-order chi connectivity index (χ1) is 10.0. The molecule has 0 bridgehead atoms. The van der Waals surface area contributed by atoms with Crippen LogP contribution in [0.5, 0.6) is 0 Å². The third-order valence-electron chi connectivity index (χ3n) is 3.37. The van der Waals surface area contributed by atoms with Crippen LogP contribution in [-0.2, 0) is 6.54 Å². The van der Waals surface area contributed by atoms with Gasteiger partial charge in [-0.15, -0.1) is 0 Å². The van der Waals surface area contributed by atoms with Crippen molar-refractivity contribution in [2.75, 3.05) is 12.3 Å². The number of rotatable bonds is 4. The molecule has 2 aromatic carbocycles. The van der Waals surface area contributed by atoms with Crippen LogP contribution in [0.25, 0.3) is 0 Å². The molecule has 0 radical (unpaired) electrons. The molecule has 0 aliphatic carbocycles. The smallest absolute Gasteiger partial charge is 0.254 e. The van der Waals surface area contributed by atoms with Gasteiger partial charge in [0.1, 0.15) is 0 Å². The first-order valence-corrected chi connectivity index (χ1v) is 7.29. The third-order valence-corrected chi connectivity index (χ3v) is 3.70. The second-order valence-electron chi connectivity index (χ2n) is 5.04. The molecule has 0 aliphatic heterocycles. The number of nitrogens with zero attached hydrogens (tertiary/aromatic N) is 1. The topological polar surface area (TPSA) is 46.3 Å². The average Bonchev–Trinajstić information content (AvgIpc) is 2.47. The Balaban J connectivity index is 2.20. The SMILES string of the molecule is CCN(Cc1cccc(C)c1)C(=O)c1ccc(N)c(Cl)c1. The lowest BCUT2D eigenvalue weighted by Gasteiger charge is -2.21. The zero-order chi connectivity index (χ0) is 15.4. The lowest BCUT2D eigenvalue weighted by molar-refractivity contribution is 0.0752. The van der Waals surface area contributed by atoms with Gasteiger partial charge in [0.25, 0.3) is 5.91 Å². The Morgan fingerprint density at radius 1 is 1.24 bits per heavy atom. The Hall–Kier alpha value is -2.00. The van der Waals surface area contributed by atoms with E-state index < -0.39 is 0 Å². The summed E-state index contributed by atoms with van der Waals surface area (Å²) >= 11 is 5.99. The molecule has 0 fully saturated rings. The normalized spacial score (nSPS) is 10.4. The maximum atomic E-state index is 12.6. The molecule has 0 saturated carbocycles. The lowest BCUT2D eigenvalue weighted by atomic mass is 10.1. The van der Waals surface area contributed by atoms with Crippen molar-refractivity contribution in [3.63, 3.8) is 0 Å². The van der Waals surface area contributed by atoms with E-state index in [1.165, 1.54) is 5.56 Å². The lowest BCUT2D eigenvalue weighted by Crippen LogP contribution is -2.30. The van der Waals surface area contributed by atoms with Gasteiger partial charge >= 0.3 is 0 Å². The fraction of sp³-hybridized carbons (Fsp3) is 0.235. The maximum absolute atomic E-state index is 12.6. The fourth-order valence-electron chi connectivity index (χ4n) is 2.20. The summed E-state index contributed by atoms with van der Waals surface area (Å²) in [5.74, 6) is -0.0408. The zero-order valence-electron chi connectivity index (χ0n) is 12.3. The molecule has 0 atom stereocenters. The number of anilines is 1. The van der Waals surface area contributed by atoms with E-state index in [4.69, 9.17) is 17.3 Å². The third kappa shape index (κ3) is 3.76. The van der Waals surface area contributed by atoms with Crippen LogP contribution in [0.2, 0.25) is 5.02 Å². The summed E-state index contributed by atoms with van der Waals surface area (Å²) in [7, 11) is 0. The van der Waals surface area contributed by atoms with Crippen molar-refractivity contribution in [1.82, 2.24) is 4.90 Å². The molecule has 2 aromatic rings. The molecule has 2 N–H and O–H groups in total. The number of nitrogens with two attached hydrogens (primary N) is 1. The predicted octanol–water partition coefficient (Wildman–Crippen LogP) is 3.89. The van der Waals surface area contributed by atoms with E-state index in [1.807, 2.05) is 32.0 Å². The minimum absolute atomic E-state index is 0.0408. The molecule has 2 rings (SSSR count). The first kappa shape index (κ1) is 15.4. The van der Waals surface area contributed by atoms with Crippen molar-refractivity contribution >= 4 is 23.2 Å². The number of carbonyl (C=O) groups excluding carboxylic acids is 1. The summed E-state index contributed by atoms with van der Waals surface area (Å²) in [6.45, 7) is 5.22. The summed E-state index contributed by atoms with van der Waals surface area (Å²) in [6, 6.07) is 13.2. The molecule has 1 amide bonds. The monoisotopic (exact) mass is 302 g/mol. The summed E-state index contributed by atoms with van der Waals surface area (Å²) in [5, 5.41) is 0.410. The highest BCUT2D eigenvalue weighted by molar-refractivity contribution is 6.33. The van der Waals surface area contributed by atoms with Gasteiger partial charge in [0, 0.05) is 18.7 Å². The first-order valence-electron chi connectivity index (χ1n) is 6.91. The van der Waals surface area contributed by atoms with Crippen LogP contribution in [0.3, 0.4) is 0 Å². The number of amides is 1. The number of hydrogen-bond acceptors (Lipinski definition) is 2. The zero-order valence-corrected chi connectivity index (χ0v) is 13.0. The highest BCUT2D eigenvalue weighted by atomic mass is 35.5. The van der Waals surface area contributed by atoms with E-state index in [1.54, 1.807) is 23.1 Å². The van der Waals surface area contributed by atoms with Gasteiger partial charge in [-0.3, -0.25) is 4.79 Å². The van der Waals surface area contributed by atoms with Crippen LogP contribution >= 0.6 is 11.6 Å². The molecule has 3 nitrogen and oxygen atoms in total. The molecule has 0 unspecified atom stereocenters. The molecule has 0 aliphatic rings. The molecule has 4 heteroatoms. The molecule has 0 aromatic heterocycles. The summed E-state index contributed by atoms with van der Waals surface area (Å²) in [6.07, 6.45) is 0. The quantitative estimate of drug-likeness (QED) is 0.871. The van der Waals surface area contributed by atoms with Gasteiger partial charge in [0.2, 0.25) is 0 Å². The molecular formula is C17H19ClN2O. The van der Waals surface area contributed by atoms with E-state index in [2.05, 4.69) is 6.07 Å². The number of hydrogen-bond donors (Lipinski definition) is 1. The van der Waals surface area contributed by atoms with E-state index in [9.17, 15) is 4.79 Å². The Labute approximate surface area is 130 Å². The van der Waals surface area contributed by atoms with Crippen molar-refractivity contribution in [3.8, 4) is 0 Å². The molecule has 0 spiro atoms. The standard InChI is InChI=1S/C17H19ClN2O/c1-3-20(11-13-6-4-5-12(2)9-13)17(21)14-7-8-16(19)15(18)10-14/h4-10H,3,11,19H2,1-2H3. The summed E-state index contributed by atoms with van der Waals surface area (Å²) < 4.78 is 0. The van der Waals surface area contributed by atoms with Gasteiger partial charge in [0.15, 0.2) is 0 Å². The van der Waals surface area contributed by atoms with Crippen LogP contribution in [0, 0.1) is 6.92 Å². The molecular weight excluding hydrogens is 284 g/mol. The second-order valence-corrected chi connectivity index (χ2v) is 5.45. The van der Waals surface area contributed by atoms with Gasteiger partial charge in [-0.1, -0.05) is 41.4 Å². The van der Waals surface area contributed by atoms with Crippen molar-refractivity contribution < 1.29 is 4.79 Å². The summed E-state index contributed by atoms with van der Waals surface area (Å²) in [4.78, 5) is 14.3. The van der Waals surface area contributed by atoms with Crippen LogP contribution in [0.15, 0.2) is 42.5 Å². The molecule has 0 heterocycles. The number of benzene rings is 2. The van der Waals surface area contributed by atoms with Crippen LogP contribution in [0.1, 0.15) is 28.4 Å². The molecule has 21 heavy (non-hydrogen) atoms. The van der Waals surface area contributed by atoms with E-state index >= 15 is 0 Å². The minimum Gasteiger partial charge on any atom is -0.398 e. The molecule has 110 valence electrons. The van der Waals surface area contributed by atoms with Gasteiger partial charge in [-0.05, 0) is 37.6 Å². The maximum Gasteiger partial charge on any atom is 0.254 e. The van der Waals surface area contributed by atoms with Crippen molar-refractivity contribution in [2.45, 2.75) is 20.4 Å². The van der Waals surface area contributed by atoms with Gasteiger partial charge in [-0.2, -0.15) is 0 Å². The average molecular weight is 303 g/mol. The van der Waals surface area contributed by atoms with Gasteiger partial charge in [-0.25, -0.2) is 0 Å². The van der Waals surface area contributed by atoms with Crippen molar-refractivity contribution in [1.29, 1.82) is 0 Å². The van der Waals surface area contributed by atoms with E-state index in [0.717, 1.165) is 5.56 Å². The van der Waals surface area contributed by atoms with E-state index in [0.29, 0.717) is 29.4 Å². The highest BCUT2D eigenvalue weighted by Gasteiger charge is 2.15. The Morgan fingerprint density at radius 3 is 2.62 bits per heavy atom. The van der Waals surface area contributed by atoms with Crippen molar-refractivity contribution in [2.24, 2.45) is 0 Å². The number of carbonyl (C=O) groups is 1. The van der Waals surface area contributed by atoms with E-state index in [-0.39, 0.29) is 5.91 Å². The molecule has 0 saturated heterocycles. The summed E-state index contributed by atoms with van der Waals surface area (Å²) in [5.41, 5.74) is 9.03. The number of nitrogen functional groups attached to an aromatic ring is 1. The van der Waals surface area contributed by atoms with Crippen LogP contribution in [0.4, 0.5) is 5.69 Å².